The predicted molar refractivity (Wildman–Crippen MR) is 358 cm³/mol. The summed E-state index contributed by atoms with van der Waals surface area (Å²) < 4.78 is 15.4. The van der Waals surface area contributed by atoms with Crippen molar-refractivity contribution in [3.63, 3.8) is 0 Å². The van der Waals surface area contributed by atoms with Crippen molar-refractivity contribution in [2.45, 2.75) is 0 Å². The smallest absolute Gasteiger partial charge is 0.0602 e. The Balaban J connectivity index is 0.745. The summed E-state index contributed by atoms with van der Waals surface area (Å²) in [5, 5.41) is 11.3. The fraction of sp³-hybridized carbons (Fsp3) is 0. The van der Waals surface area contributed by atoms with E-state index in [0.29, 0.717) is 0 Å². The van der Waals surface area contributed by atoms with E-state index in [9.17, 15) is 0 Å². The van der Waals surface area contributed by atoms with Crippen molar-refractivity contribution >= 4 is 108 Å². The van der Waals surface area contributed by atoms with Gasteiger partial charge in [-0.3, -0.25) is 0 Å². The summed E-state index contributed by atoms with van der Waals surface area (Å²) in [4.78, 5) is 0. The van der Waals surface area contributed by atoms with Crippen LogP contribution in [0.2, 0.25) is 0 Å². The molecule has 6 heteroatoms. The Hall–Kier alpha value is -10.3. The maximum absolute atomic E-state index is 2.55. The summed E-state index contributed by atoms with van der Waals surface area (Å²) in [6, 6.07) is 107. The Morgan fingerprint density at radius 2 is 0.826 bits per heavy atom. The summed E-state index contributed by atoms with van der Waals surface area (Å²) >= 11 is 1.36. The molecule has 1 aliphatic heterocycles. The van der Waals surface area contributed by atoms with Gasteiger partial charge in [0.2, 0.25) is 0 Å². The van der Waals surface area contributed by atoms with Crippen LogP contribution in [0.4, 0.5) is 0 Å². The summed E-state index contributed by atoms with van der Waals surface area (Å²) in [5.74, 6) is 0. The van der Waals surface area contributed by atoms with E-state index in [1.54, 1.807) is 0 Å². The number of hydrogen-bond donors (Lipinski definition) is 0. The van der Waals surface area contributed by atoms with Crippen LogP contribution in [0, 0.1) is 7.14 Å². The van der Waals surface area contributed by atoms with Crippen LogP contribution in [0.5, 0.6) is 0 Å². The third kappa shape index (κ3) is 7.08. The first kappa shape index (κ1) is 48.2. The van der Waals surface area contributed by atoms with Crippen LogP contribution in [-0.4, -0.2) is 18.3 Å². The molecule has 0 saturated carbocycles. The van der Waals surface area contributed by atoms with E-state index in [-0.39, 0.29) is 0 Å². The molecule has 0 unspecified atom stereocenters. The van der Waals surface area contributed by atoms with Crippen LogP contribution in [-0.2, 0) is 0 Å². The summed E-state index contributed by atoms with van der Waals surface area (Å²) in [6.07, 6.45) is 2.18. The number of fused-ring (bicyclic) bond motifs is 16. The normalized spacial score (nSPS) is 12.5. The molecule has 0 N–H and O–H groups in total. The number of benzene rings is 13. The number of hydrogen-bond acceptors (Lipinski definition) is 1. The van der Waals surface area contributed by atoms with E-state index in [1.807, 2.05) is 11.3 Å². The third-order valence-electron chi connectivity index (χ3n) is 18.1. The first-order valence-corrected chi connectivity index (χ1v) is 32.3. The molecule has 86 heavy (non-hydrogen) atoms. The van der Waals surface area contributed by atoms with Crippen LogP contribution in [0.15, 0.2) is 291 Å². The molecule has 4 nitrogen and oxygen atoms in total. The fourth-order valence-electron chi connectivity index (χ4n) is 14.3. The van der Waals surface area contributed by atoms with Gasteiger partial charge in [0, 0.05) is 32.1 Å². The topological polar surface area (TPSA) is 19.7 Å². The molecule has 0 radical (unpaired) electrons. The van der Waals surface area contributed by atoms with Gasteiger partial charge >= 0.3 is 341 Å². The van der Waals surface area contributed by atoms with Crippen molar-refractivity contribution < 1.29 is 21.2 Å². The Morgan fingerprint density at radius 3 is 1.53 bits per heavy atom. The van der Waals surface area contributed by atoms with Gasteiger partial charge in [-0.1, -0.05) is 60.7 Å². The minimum Gasteiger partial charge on any atom is -0.0602 e. The number of halogens is 1. The minimum atomic E-state index is -0.515. The van der Waals surface area contributed by atoms with E-state index in [1.165, 1.54) is 165 Å². The zero-order valence-corrected chi connectivity index (χ0v) is 49.3. The number of aromatic nitrogens is 4. The van der Waals surface area contributed by atoms with Gasteiger partial charge in [-0.15, -0.1) is 11.3 Å². The number of nitrogens with zero attached hydrogens (tertiary/aromatic N) is 4. The van der Waals surface area contributed by atoms with Crippen LogP contribution in [0.1, 0.15) is 0 Å². The molecule has 402 valence electrons. The molecule has 0 amide bonds. The van der Waals surface area contributed by atoms with Crippen molar-refractivity contribution in [1.82, 2.24) is 18.3 Å². The summed E-state index contributed by atoms with van der Waals surface area (Å²) in [6.45, 7) is 0. The van der Waals surface area contributed by atoms with Gasteiger partial charge in [0.25, 0.3) is 0 Å². The number of para-hydroxylation sites is 4. The molecule has 0 atom stereocenters. The van der Waals surface area contributed by atoms with Crippen molar-refractivity contribution in [2.75, 3.05) is 0 Å². The van der Waals surface area contributed by atoms with Crippen molar-refractivity contribution in [3.8, 4) is 67.3 Å². The van der Waals surface area contributed by atoms with Gasteiger partial charge < -0.3 is 9.13 Å². The van der Waals surface area contributed by atoms with Crippen LogP contribution in [0.25, 0.3) is 164 Å². The molecule has 5 aromatic heterocycles. The molecular weight excluding hydrogens is 1180 g/mol. The van der Waals surface area contributed by atoms with E-state index in [2.05, 4.69) is 310 Å². The second-order valence-electron chi connectivity index (χ2n) is 22.7. The van der Waals surface area contributed by atoms with Crippen molar-refractivity contribution in [3.05, 3.63) is 298 Å². The van der Waals surface area contributed by atoms with E-state index in [0.717, 1.165) is 5.69 Å². The first-order chi connectivity index (χ1) is 42.6. The Bertz CT molecular complexity index is 5870. The number of rotatable bonds is 7. The van der Waals surface area contributed by atoms with Crippen molar-refractivity contribution in [2.24, 2.45) is 0 Å². The van der Waals surface area contributed by atoms with Gasteiger partial charge in [0.15, 0.2) is 0 Å². The van der Waals surface area contributed by atoms with Gasteiger partial charge in [-0.2, -0.15) is 0 Å². The molecule has 0 fully saturated rings. The van der Waals surface area contributed by atoms with Gasteiger partial charge in [0.1, 0.15) is 0 Å². The zero-order valence-electron chi connectivity index (χ0n) is 46.3. The quantitative estimate of drug-likeness (QED) is 0.142. The van der Waals surface area contributed by atoms with Crippen LogP contribution >= 0.6 is 11.3 Å². The molecule has 1 aliphatic rings. The molecule has 0 aliphatic carbocycles. The van der Waals surface area contributed by atoms with Crippen LogP contribution in [0.3, 0.4) is 0 Å². The second kappa shape index (κ2) is 18.6. The third-order valence-corrected chi connectivity index (χ3v) is 22.5. The molecular formula is C80H48IN4S-. The first-order valence-electron chi connectivity index (χ1n) is 29.4. The molecule has 18 aromatic rings. The standard InChI is InChI=1S/C80H48IN4S/c1-3-16-55(17-4-1)82-43-42-54-44-49(31-37-67(54)82)50-32-38-70-65(45-50)60-35-30-53(48-75(60)83(70)56-18-5-2-6-19-56)57-36-41-74(79-61-22-7-11-24-66(61)81-80(57)79)85-69-26-13-9-21-59(69)64-47-52(34-40-72(64)85)51-33-39-71-63(46-51)58-20-8-12-25-68(58)84(71)73-27-15-29-77-78(73)62-23-10-14-28-76(62)86-77/h1-48H/q-1. The molecule has 19 rings (SSSR count). The van der Waals surface area contributed by atoms with E-state index in [4.69, 9.17) is 0 Å². The van der Waals surface area contributed by atoms with Crippen LogP contribution < -0.4 is 21.2 Å². The summed E-state index contributed by atoms with van der Waals surface area (Å²) in [5.41, 5.74) is 23.3. The van der Waals surface area contributed by atoms with Gasteiger partial charge in [-0.05, 0) is 42.5 Å². The van der Waals surface area contributed by atoms with E-state index < -0.39 is 21.2 Å². The average Bonchev–Trinajstić information content (AvgIpc) is 2.47. The van der Waals surface area contributed by atoms with E-state index >= 15 is 0 Å². The molecule has 0 spiro atoms. The van der Waals surface area contributed by atoms with Crippen molar-refractivity contribution in [1.29, 1.82) is 0 Å². The molecule has 13 aromatic carbocycles. The SMILES string of the molecule is c1ccc(-n2ccc3cc(-c4ccc5c(c4)c4ccc(-c6ccc(-n7c8ccccc8c8cc(-c9ccc%10c(c9)c9ccccc9n%10-c9cccc%10sc%11ccccc%11c9%10)ccc87)c7c6[I-]c6ccccc6-7)cc4n5-c4ccccc4)ccc32)cc1. The Morgan fingerprint density at radius 1 is 0.291 bits per heavy atom. The minimum absolute atomic E-state index is 0.515. The molecule has 0 bridgehead atoms. The monoisotopic (exact) mass is 1220 g/mol. The fourth-order valence-corrected chi connectivity index (χ4v) is 18.8. The Labute approximate surface area is 509 Å². The zero-order chi connectivity index (χ0) is 56.1. The average molecular weight is 1220 g/mol. The number of thiophene rings is 1. The predicted octanol–water partition coefficient (Wildman–Crippen LogP) is 18.4. The van der Waals surface area contributed by atoms with Gasteiger partial charge in [0.05, 0.1) is 16.7 Å². The summed E-state index contributed by atoms with van der Waals surface area (Å²) in [7, 11) is 0. The molecule has 6 heterocycles. The Kier molecular flexibility index (Phi) is 10.4. The van der Waals surface area contributed by atoms with Gasteiger partial charge in [-0.25, -0.2) is 0 Å². The second-order valence-corrected chi connectivity index (χ2v) is 26.6. The molecule has 0 saturated heterocycles. The maximum atomic E-state index is 2.55.